The number of hydrogen-bond donors (Lipinski definition) is 2. The first kappa shape index (κ1) is 24.3. The van der Waals surface area contributed by atoms with Crippen LogP contribution < -0.4 is 10.2 Å². The van der Waals surface area contributed by atoms with Crippen LogP contribution in [0.15, 0.2) is 6.20 Å². The van der Waals surface area contributed by atoms with E-state index in [1.165, 1.54) is 18.4 Å². The number of esters is 1. The van der Waals surface area contributed by atoms with Gasteiger partial charge in [-0.15, -0.1) is 0 Å². The number of H-pyrrole nitrogens is 1. The molecule has 31 heavy (non-hydrogen) atoms. The Bertz CT molecular complexity index is 947. The lowest BCUT2D eigenvalue weighted by molar-refractivity contribution is 0.0606. The first-order valence-corrected chi connectivity index (χ1v) is 12.6. The minimum absolute atomic E-state index is 0.00825. The van der Waals surface area contributed by atoms with Gasteiger partial charge in [-0.25, -0.2) is 9.78 Å². The molecule has 0 saturated carbocycles. The van der Waals surface area contributed by atoms with Crippen molar-refractivity contribution in [2.24, 2.45) is 5.92 Å². The maximum absolute atomic E-state index is 13.0. The molecule has 2 N–H and O–H groups in total. The number of piperidine rings is 1. The molecule has 0 spiro atoms. The highest BCUT2D eigenvalue weighted by Gasteiger charge is 2.33. The van der Waals surface area contributed by atoms with E-state index in [-0.39, 0.29) is 23.8 Å². The van der Waals surface area contributed by atoms with E-state index in [4.69, 9.17) is 16.3 Å². The second-order valence-electron chi connectivity index (χ2n) is 7.89. The molecule has 2 aromatic heterocycles. The monoisotopic (exact) mass is 579 g/mol. The number of aryl methyl sites for hydroxylation is 1. The number of anilines is 1. The summed E-state index contributed by atoms with van der Waals surface area (Å²) in [7, 11) is 5.41. The molecule has 1 saturated heterocycles. The summed E-state index contributed by atoms with van der Waals surface area (Å²) >= 11 is 10.0. The molecule has 170 valence electrons. The van der Waals surface area contributed by atoms with Crippen molar-refractivity contribution >= 4 is 62.5 Å². The number of hydrogen-bond acceptors (Lipinski definition) is 7. The van der Waals surface area contributed by atoms with Gasteiger partial charge in [-0.2, -0.15) is 0 Å². The fourth-order valence-electron chi connectivity index (χ4n) is 3.85. The van der Waals surface area contributed by atoms with Crippen molar-refractivity contribution in [1.29, 1.82) is 0 Å². The highest BCUT2D eigenvalue weighted by Crippen LogP contribution is 2.30. The Hall–Kier alpha value is -1.37. The Morgan fingerprint density at radius 2 is 2.23 bits per heavy atom. The smallest absolute Gasteiger partial charge is 0.349 e. The summed E-state index contributed by atoms with van der Waals surface area (Å²) in [5.41, 5.74) is 2.33. The number of aromatic amines is 1. The van der Waals surface area contributed by atoms with Crippen molar-refractivity contribution in [2.45, 2.75) is 23.8 Å². The van der Waals surface area contributed by atoms with Crippen molar-refractivity contribution in [3.8, 4) is 0 Å². The normalized spacial score (nSPS) is 19.0. The summed E-state index contributed by atoms with van der Waals surface area (Å²) in [5.74, 6) is -0.356. The molecule has 1 aliphatic heterocycles. The summed E-state index contributed by atoms with van der Waals surface area (Å²) < 4.78 is 5.53. The van der Waals surface area contributed by atoms with E-state index < -0.39 is 0 Å². The van der Waals surface area contributed by atoms with E-state index in [0.29, 0.717) is 15.6 Å². The molecule has 0 bridgehead atoms. The largest absolute Gasteiger partial charge is 0.465 e. The Balaban J connectivity index is 1.73. The topological polar surface area (TPSA) is 90.6 Å². The average molecular weight is 580 g/mol. The van der Waals surface area contributed by atoms with Crippen molar-refractivity contribution in [3.63, 3.8) is 0 Å². The van der Waals surface area contributed by atoms with Gasteiger partial charge in [-0.3, -0.25) is 4.79 Å². The summed E-state index contributed by atoms with van der Waals surface area (Å²) in [6.07, 6.45) is 2.33. The number of ether oxygens (including phenoxy) is 1. The molecule has 0 radical (unpaired) electrons. The molecule has 1 fully saturated rings. The van der Waals surface area contributed by atoms with Crippen molar-refractivity contribution in [2.75, 3.05) is 45.7 Å². The SMILES string of the molecule is COC(=O)c1cnc(N2CCC(NC(=O)c3[nH]c(C)c(CI)c3Cl)C(CN(C)C)C2)s1. The lowest BCUT2D eigenvalue weighted by Crippen LogP contribution is -2.53. The highest BCUT2D eigenvalue weighted by atomic mass is 127. The third-order valence-corrected chi connectivity index (χ3v) is 7.63. The molecular weight excluding hydrogens is 553 g/mol. The number of carbonyl (C=O) groups excluding carboxylic acids is 2. The maximum atomic E-state index is 13.0. The van der Waals surface area contributed by atoms with Gasteiger partial charge in [0.25, 0.3) is 5.91 Å². The van der Waals surface area contributed by atoms with Crippen LogP contribution in [0.4, 0.5) is 5.13 Å². The Labute approximate surface area is 204 Å². The molecule has 3 heterocycles. The van der Waals surface area contributed by atoms with Gasteiger partial charge in [-0.05, 0) is 27.4 Å². The third-order valence-electron chi connectivity index (χ3n) is 5.41. The van der Waals surface area contributed by atoms with Gasteiger partial charge in [0, 0.05) is 47.3 Å². The fraction of sp³-hybridized carbons (Fsp3) is 0.550. The zero-order valence-corrected chi connectivity index (χ0v) is 21.7. The molecule has 8 nitrogen and oxygen atoms in total. The Morgan fingerprint density at radius 1 is 1.48 bits per heavy atom. The number of nitrogens with one attached hydrogen (secondary N) is 2. The van der Waals surface area contributed by atoms with Crippen LogP contribution in [0.2, 0.25) is 5.02 Å². The van der Waals surface area contributed by atoms with E-state index in [1.807, 2.05) is 21.0 Å². The molecule has 2 atom stereocenters. The summed E-state index contributed by atoms with van der Waals surface area (Å²) in [4.78, 5) is 37.1. The molecule has 0 aliphatic carbocycles. The number of amides is 1. The standard InChI is InChI=1S/C20H27ClIN5O3S/c1-11-13(7-22)16(21)17(24-11)18(28)25-14-5-6-27(10-12(14)9-26(2)3)20-23-8-15(31-20)19(29)30-4/h8,12,14,24H,5-7,9-10H2,1-4H3,(H,25,28). The predicted molar refractivity (Wildman–Crippen MR) is 132 cm³/mol. The minimum atomic E-state index is -0.375. The zero-order chi connectivity index (χ0) is 22.7. The molecule has 1 amide bonds. The minimum Gasteiger partial charge on any atom is -0.465 e. The highest BCUT2D eigenvalue weighted by molar-refractivity contribution is 14.1. The zero-order valence-electron chi connectivity index (χ0n) is 18.0. The molecule has 2 unspecified atom stereocenters. The van der Waals surface area contributed by atoms with Crippen LogP contribution in [0.1, 0.15) is 37.8 Å². The molecule has 3 rings (SSSR count). The lowest BCUT2D eigenvalue weighted by atomic mass is 9.91. The van der Waals surface area contributed by atoms with E-state index in [9.17, 15) is 9.59 Å². The Morgan fingerprint density at radius 3 is 2.84 bits per heavy atom. The van der Waals surface area contributed by atoms with Crippen LogP contribution in [0, 0.1) is 12.8 Å². The van der Waals surface area contributed by atoms with Crippen LogP contribution in [-0.4, -0.2) is 73.6 Å². The molecule has 0 aromatic carbocycles. The second kappa shape index (κ2) is 10.5. The predicted octanol–water partition coefficient (Wildman–Crippen LogP) is 3.34. The first-order valence-electron chi connectivity index (χ1n) is 9.92. The van der Waals surface area contributed by atoms with Crippen LogP contribution in [0.3, 0.4) is 0 Å². The van der Waals surface area contributed by atoms with Gasteiger partial charge in [-0.1, -0.05) is 45.5 Å². The van der Waals surface area contributed by atoms with E-state index >= 15 is 0 Å². The number of nitrogens with zero attached hydrogens (tertiary/aromatic N) is 3. The van der Waals surface area contributed by atoms with E-state index in [0.717, 1.165) is 46.9 Å². The van der Waals surface area contributed by atoms with Gasteiger partial charge in [0.05, 0.1) is 18.3 Å². The lowest BCUT2D eigenvalue weighted by Gasteiger charge is -2.40. The number of halogens is 2. The maximum Gasteiger partial charge on any atom is 0.349 e. The summed E-state index contributed by atoms with van der Waals surface area (Å²) in [6, 6.07) is 0.00825. The summed E-state index contributed by atoms with van der Waals surface area (Å²) in [6.45, 7) is 4.21. The number of thiazole rings is 1. The van der Waals surface area contributed by atoms with Gasteiger partial charge in [0.2, 0.25) is 0 Å². The van der Waals surface area contributed by atoms with Crippen LogP contribution in [-0.2, 0) is 9.16 Å². The van der Waals surface area contributed by atoms with Crippen molar-refractivity contribution < 1.29 is 14.3 Å². The van der Waals surface area contributed by atoms with Crippen LogP contribution in [0.25, 0.3) is 0 Å². The van der Waals surface area contributed by atoms with E-state index in [2.05, 4.69) is 47.7 Å². The number of methoxy groups -OCH3 is 1. The molecule has 1 aliphatic rings. The number of carbonyl (C=O) groups is 2. The number of aromatic nitrogens is 2. The van der Waals surface area contributed by atoms with Gasteiger partial charge < -0.3 is 24.8 Å². The van der Waals surface area contributed by atoms with Gasteiger partial charge >= 0.3 is 5.97 Å². The van der Waals surface area contributed by atoms with Gasteiger partial charge in [0.1, 0.15) is 10.6 Å². The molecule has 11 heteroatoms. The van der Waals surface area contributed by atoms with Crippen LogP contribution >= 0.6 is 45.5 Å². The first-order chi connectivity index (χ1) is 14.7. The number of alkyl halides is 1. The van der Waals surface area contributed by atoms with Crippen molar-refractivity contribution in [1.82, 2.24) is 20.2 Å². The third kappa shape index (κ3) is 5.52. The van der Waals surface area contributed by atoms with Crippen LogP contribution in [0.5, 0.6) is 0 Å². The summed E-state index contributed by atoms with van der Waals surface area (Å²) in [5, 5.41) is 4.50. The number of rotatable bonds is 7. The van der Waals surface area contributed by atoms with Crippen molar-refractivity contribution in [3.05, 3.63) is 33.0 Å². The average Bonchev–Trinajstić information content (AvgIpc) is 3.33. The van der Waals surface area contributed by atoms with Gasteiger partial charge in [0.15, 0.2) is 5.13 Å². The molecular formula is C20H27ClIN5O3S. The fourth-order valence-corrected chi connectivity index (χ4v) is 6.23. The molecule has 2 aromatic rings. The second-order valence-corrected chi connectivity index (χ2v) is 10.0. The van der Waals surface area contributed by atoms with E-state index in [1.54, 1.807) is 6.20 Å². The quantitative estimate of drug-likeness (QED) is 0.297. The Kier molecular flexibility index (Phi) is 8.22.